The van der Waals surface area contributed by atoms with E-state index in [4.69, 9.17) is 0 Å². The van der Waals surface area contributed by atoms with Crippen molar-refractivity contribution in [1.29, 1.82) is 0 Å². The standard InChI is InChI=1S/C27H25N2O2S/c1-21-13-15-25(16-14-21)32(30,31)28-20-27(24-11-7-4-8-12-24)29-18-17-22(2)19-26(29)23-9-5-3-6-10-23/h3-20,28H,1-2H3/q+1/b27-20-. The first kappa shape index (κ1) is 21.5. The molecule has 0 fully saturated rings. The average Bonchev–Trinajstić information content (AvgIpc) is 2.81. The maximum absolute atomic E-state index is 13.0. The smallest absolute Gasteiger partial charge is 0.261 e. The molecule has 160 valence electrons. The van der Waals surface area contributed by atoms with Crippen molar-refractivity contribution in [2.45, 2.75) is 18.7 Å². The highest BCUT2D eigenvalue weighted by atomic mass is 32.2. The van der Waals surface area contributed by atoms with Gasteiger partial charge in [0.05, 0.1) is 11.1 Å². The summed E-state index contributed by atoms with van der Waals surface area (Å²) in [6.07, 6.45) is 3.53. The SMILES string of the molecule is Cc1ccc(S(=O)(=O)N/C=C(/c2ccccc2)[n+]2ccc(C)cc2-c2ccccc2)cc1. The summed E-state index contributed by atoms with van der Waals surface area (Å²) in [5.74, 6) is 0. The molecule has 0 radical (unpaired) electrons. The minimum Gasteiger partial charge on any atom is -0.280 e. The number of aryl methyl sites for hydroxylation is 2. The van der Waals surface area contributed by atoms with E-state index >= 15 is 0 Å². The van der Waals surface area contributed by atoms with Gasteiger partial charge in [-0.05, 0) is 55.8 Å². The predicted octanol–water partition coefficient (Wildman–Crippen LogP) is 5.08. The molecular formula is C27H25N2O2S+. The molecule has 4 nitrogen and oxygen atoms in total. The summed E-state index contributed by atoms with van der Waals surface area (Å²) in [4.78, 5) is 0.226. The summed E-state index contributed by atoms with van der Waals surface area (Å²) >= 11 is 0. The fraction of sp³-hybridized carbons (Fsp3) is 0.0741. The molecule has 0 aliphatic carbocycles. The second kappa shape index (κ2) is 9.20. The van der Waals surface area contributed by atoms with Crippen LogP contribution in [0.5, 0.6) is 0 Å². The number of benzene rings is 3. The van der Waals surface area contributed by atoms with Crippen molar-refractivity contribution in [2.75, 3.05) is 0 Å². The molecule has 0 saturated heterocycles. The number of nitrogens with zero attached hydrogens (tertiary/aromatic N) is 1. The topological polar surface area (TPSA) is 50.1 Å². The van der Waals surface area contributed by atoms with Crippen LogP contribution in [0.1, 0.15) is 16.7 Å². The van der Waals surface area contributed by atoms with Gasteiger partial charge in [-0.1, -0.05) is 54.1 Å². The second-order valence-corrected chi connectivity index (χ2v) is 9.37. The summed E-state index contributed by atoms with van der Waals surface area (Å²) in [5.41, 5.74) is 5.75. The third-order valence-corrected chi connectivity index (χ3v) is 6.51. The first-order valence-electron chi connectivity index (χ1n) is 10.4. The van der Waals surface area contributed by atoms with Gasteiger partial charge in [-0.25, -0.2) is 8.42 Å². The number of sulfonamides is 1. The summed E-state index contributed by atoms with van der Waals surface area (Å²) in [6, 6.07) is 30.7. The Morgan fingerprint density at radius 3 is 2.06 bits per heavy atom. The van der Waals surface area contributed by atoms with Gasteiger partial charge >= 0.3 is 0 Å². The van der Waals surface area contributed by atoms with Crippen molar-refractivity contribution in [2.24, 2.45) is 0 Å². The maximum Gasteiger partial charge on any atom is 0.261 e. The monoisotopic (exact) mass is 441 g/mol. The maximum atomic E-state index is 13.0. The van der Waals surface area contributed by atoms with Crippen LogP contribution in [-0.4, -0.2) is 8.42 Å². The van der Waals surface area contributed by atoms with Gasteiger partial charge in [0, 0.05) is 23.3 Å². The van der Waals surface area contributed by atoms with Gasteiger partial charge in [0.25, 0.3) is 10.0 Å². The molecule has 5 heteroatoms. The van der Waals surface area contributed by atoms with E-state index in [1.807, 2.05) is 91.3 Å². The van der Waals surface area contributed by atoms with Gasteiger partial charge in [-0.15, -0.1) is 0 Å². The van der Waals surface area contributed by atoms with Crippen molar-refractivity contribution >= 4 is 15.7 Å². The fourth-order valence-corrected chi connectivity index (χ4v) is 4.36. The molecule has 0 aliphatic heterocycles. The Kier molecular flexibility index (Phi) is 6.19. The van der Waals surface area contributed by atoms with Gasteiger partial charge in [-0.2, -0.15) is 4.57 Å². The van der Waals surface area contributed by atoms with Crippen LogP contribution in [0.15, 0.2) is 114 Å². The lowest BCUT2D eigenvalue weighted by Crippen LogP contribution is -2.37. The quantitative estimate of drug-likeness (QED) is 0.424. The van der Waals surface area contributed by atoms with Crippen molar-refractivity contribution < 1.29 is 13.0 Å². The van der Waals surface area contributed by atoms with Crippen LogP contribution < -0.4 is 9.29 Å². The van der Waals surface area contributed by atoms with E-state index in [0.29, 0.717) is 0 Å². The normalized spacial score (nSPS) is 11.9. The van der Waals surface area contributed by atoms with Crippen molar-refractivity contribution in [3.05, 3.63) is 126 Å². The molecule has 0 atom stereocenters. The second-order valence-electron chi connectivity index (χ2n) is 7.66. The van der Waals surface area contributed by atoms with Crippen LogP contribution in [0.25, 0.3) is 17.0 Å². The lowest BCUT2D eigenvalue weighted by Gasteiger charge is -2.10. The molecule has 1 N–H and O–H groups in total. The average molecular weight is 442 g/mol. The third kappa shape index (κ3) is 4.79. The van der Waals surface area contributed by atoms with E-state index < -0.39 is 10.0 Å². The molecule has 0 bridgehead atoms. The molecule has 1 aromatic heterocycles. The lowest BCUT2D eigenvalue weighted by molar-refractivity contribution is -0.567. The van der Waals surface area contributed by atoms with Crippen LogP contribution in [0, 0.1) is 13.8 Å². The predicted molar refractivity (Wildman–Crippen MR) is 128 cm³/mol. The first-order valence-corrected chi connectivity index (χ1v) is 11.8. The van der Waals surface area contributed by atoms with Crippen molar-refractivity contribution in [1.82, 2.24) is 4.72 Å². The van der Waals surface area contributed by atoms with Gasteiger partial charge in [0.2, 0.25) is 11.4 Å². The number of pyridine rings is 1. The fourth-order valence-electron chi connectivity index (χ4n) is 3.47. The Labute approximate surface area is 189 Å². The van der Waals surface area contributed by atoms with E-state index in [1.165, 1.54) is 0 Å². The highest BCUT2D eigenvalue weighted by molar-refractivity contribution is 7.89. The number of hydrogen-bond acceptors (Lipinski definition) is 2. The number of nitrogens with one attached hydrogen (secondary N) is 1. The third-order valence-electron chi connectivity index (χ3n) is 5.19. The number of aromatic nitrogens is 1. The van der Waals surface area contributed by atoms with Crippen molar-refractivity contribution in [3.8, 4) is 11.3 Å². The Bertz CT molecular complexity index is 1350. The Morgan fingerprint density at radius 1 is 0.781 bits per heavy atom. The largest absolute Gasteiger partial charge is 0.280 e. The molecule has 0 aliphatic rings. The zero-order valence-electron chi connectivity index (χ0n) is 18.1. The van der Waals surface area contributed by atoms with Crippen LogP contribution in [0.4, 0.5) is 0 Å². The Hall–Kier alpha value is -3.70. The van der Waals surface area contributed by atoms with E-state index in [1.54, 1.807) is 30.5 Å². The summed E-state index contributed by atoms with van der Waals surface area (Å²) < 4.78 is 30.6. The van der Waals surface area contributed by atoms with Gasteiger partial charge in [0.1, 0.15) is 0 Å². The molecule has 4 aromatic rings. The van der Waals surface area contributed by atoms with Crippen LogP contribution >= 0.6 is 0 Å². The van der Waals surface area contributed by atoms with Crippen LogP contribution in [-0.2, 0) is 10.0 Å². The minimum absolute atomic E-state index is 0.226. The molecule has 32 heavy (non-hydrogen) atoms. The molecule has 0 saturated carbocycles. The van der Waals surface area contributed by atoms with Gasteiger partial charge in [-0.3, -0.25) is 4.72 Å². The zero-order valence-corrected chi connectivity index (χ0v) is 18.9. The Morgan fingerprint density at radius 2 is 1.41 bits per heavy atom. The first-order chi connectivity index (χ1) is 15.4. The van der Waals surface area contributed by atoms with Crippen LogP contribution in [0.2, 0.25) is 0 Å². The minimum atomic E-state index is -3.71. The Balaban J connectivity index is 1.84. The zero-order chi connectivity index (χ0) is 22.6. The lowest BCUT2D eigenvalue weighted by atomic mass is 10.1. The van der Waals surface area contributed by atoms with E-state index in [9.17, 15) is 8.42 Å². The highest BCUT2D eigenvalue weighted by Gasteiger charge is 2.22. The summed E-state index contributed by atoms with van der Waals surface area (Å²) in [7, 11) is -3.71. The summed E-state index contributed by atoms with van der Waals surface area (Å²) in [5, 5.41) is 0. The summed E-state index contributed by atoms with van der Waals surface area (Å²) in [6.45, 7) is 3.97. The number of hydrogen-bond donors (Lipinski definition) is 1. The molecule has 0 unspecified atom stereocenters. The molecule has 1 heterocycles. The molecule has 3 aromatic carbocycles. The van der Waals surface area contributed by atoms with E-state index in [-0.39, 0.29) is 4.90 Å². The molecule has 0 amide bonds. The molecule has 0 spiro atoms. The van der Waals surface area contributed by atoms with E-state index in [2.05, 4.69) is 10.8 Å². The van der Waals surface area contributed by atoms with E-state index in [0.717, 1.165) is 33.6 Å². The molecule has 4 rings (SSSR count). The van der Waals surface area contributed by atoms with Crippen molar-refractivity contribution in [3.63, 3.8) is 0 Å². The van der Waals surface area contributed by atoms with Crippen LogP contribution in [0.3, 0.4) is 0 Å². The highest BCUT2D eigenvalue weighted by Crippen LogP contribution is 2.20. The number of rotatable bonds is 6. The van der Waals surface area contributed by atoms with Gasteiger partial charge < -0.3 is 0 Å². The van der Waals surface area contributed by atoms with Gasteiger partial charge in [0.15, 0.2) is 6.20 Å². The molecular weight excluding hydrogens is 416 g/mol.